The molecule has 0 radical (unpaired) electrons. The van der Waals surface area contributed by atoms with Gasteiger partial charge in [-0.25, -0.2) is 4.79 Å². The highest BCUT2D eigenvalue weighted by molar-refractivity contribution is 6.31. The van der Waals surface area contributed by atoms with Gasteiger partial charge in [0.05, 0.1) is 5.56 Å². The maximum atomic E-state index is 12.4. The Morgan fingerprint density at radius 3 is 1.72 bits per heavy atom. The molecule has 0 atom stereocenters. The fraction of sp³-hybridized carbons (Fsp3) is 0.200. The molecule has 0 saturated carbocycles. The molecule has 0 spiro atoms. The standard InChI is InChI=1S/C20H18Cl2O3/c1-20(2,3)18(23)12-17(13-4-8-15(21)9-5-13)25-19(24)14-6-10-16(22)11-7-14/h4-12H,1-3H3/b17-12-. The van der Waals surface area contributed by atoms with Gasteiger partial charge in [-0.3, -0.25) is 4.79 Å². The van der Waals surface area contributed by atoms with E-state index in [0.717, 1.165) is 0 Å². The largest absolute Gasteiger partial charge is 0.422 e. The van der Waals surface area contributed by atoms with Gasteiger partial charge in [0.15, 0.2) is 5.78 Å². The summed E-state index contributed by atoms with van der Waals surface area (Å²) >= 11 is 11.7. The van der Waals surface area contributed by atoms with Crippen molar-refractivity contribution in [2.24, 2.45) is 5.41 Å². The van der Waals surface area contributed by atoms with Gasteiger partial charge in [0.25, 0.3) is 0 Å². The van der Waals surface area contributed by atoms with Crippen molar-refractivity contribution >= 4 is 40.7 Å². The molecule has 0 aromatic heterocycles. The average molecular weight is 377 g/mol. The molecule has 0 heterocycles. The molecule has 0 aliphatic heterocycles. The summed E-state index contributed by atoms with van der Waals surface area (Å²) in [5.41, 5.74) is 0.335. The van der Waals surface area contributed by atoms with Crippen molar-refractivity contribution in [3.8, 4) is 0 Å². The minimum Gasteiger partial charge on any atom is -0.422 e. The summed E-state index contributed by atoms with van der Waals surface area (Å²) < 4.78 is 5.48. The molecule has 2 aromatic carbocycles. The summed E-state index contributed by atoms with van der Waals surface area (Å²) in [5, 5.41) is 1.07. The Hall–Kier alpha value is -2.10. The van der Waals surface area contributed by atoms with Gasteiger partial charge in [-0.05, 0) is 48.5 Å². The molecule has 3 nitrogen and oxygen atoms in total. The minimum atomic E-state index is -0.593. The Balaban J connectivity index is 2.36. The highest BCUT2D eigenvalue weighted by Gasteiger charge is 2.22. The zero-order chi connectivity index (χ0) is 18.6. The van der Waals surface area contributed by atoms with Crippen LogP contribution in [-0.4, -0.2) is 11.8 Å². The van der Waals surface area contributed by atoms with E-state index in [1.807, 2.05) is 0 Å². The zero-order valence-corrected chi connectivity index (χ0v) is 15.7. The molecule has 0 aliphatic carbocycles. The number of carbonyl (C=O) groups excluding carboxylic acids is 2. The van der Waals surface area contributed by atoms with Crippen LogP contribution in [0, 0.1) is 5.41 Å². The number of hydrogen-bond donors (Lipinski definition) is 0. The fourth-order valence-corrected chi connectivity index (χ4v) is 2.12. The lowest BCUT2D eigenvalue weighted by molar-refractivity contribution is -0.121. The van der Waals surface area contributed by atoms with Crippen LogP contribution < -0.4 is 0 Å². The van der Waals surface area contributed by atoms with E-state index in [2.05, 4.69) is 0 Å². The number of benzene rings is 2. The SMILES string of the molecule is CC(C)(C)C(=O)/C=C(\OC(=O)c1ccc(Cl)cc1)c1ccc(Cl)cc1. The normalized spacial score (nSPS) is 12.0. The van der Waals surface area contributed by atoms with Gasteiger partial charge in [-0.15, -0.1) is 0 Å². The fourth-order valence-electron chi connectivity index (χ4n) is 1.87. The van der Waals surface area contributed by atoms with Gasteiger partial charge >= 0.3 is 5.97 Å². The van der Waals surface area contributed by atoms with E-state index in [9.17, 15) is 9.59 Å². The third kappa shape index (κ3) is 5.45. The molecule has 2 aromatic rings. The van der Waals surface area contributed by atoms with Gasteiger partial charge < -0.3 is 4.74 Å². The van der Waals surface area contributed by atoms with Crippen LogP contribution in [0.5, 0.6) is 0 Å². The Morgan fingerprint density at radius 1 is 0.840 bits per heavy atom. The molecule has 0 unspecified atom stereocenters. The first-order valence-corrected chi connectivity index (χ1v) is 8.42. The van der Waals surface area contributed by atoms with Crippen molar-refractivity contribution in [1.29, 1.82) is 0 Å². The lowest BCUT2D eigenvalue weighted by atomic mass is 9.90. The summed E-state index contributed by atoms with van der Waals surface area (Å²) in [6, 6.07) is 13.1. The molecule has 130 valence electrons. The van der Waals surface area contributed by atoms with Crippen molar-refractivity contribution in [3.05, 3.63) is 75.8 Å². The van der Waals surface area contributed by atoms with Crippen LogP contribution in [-0.2, 0) is 9.53 Å². The number of ether oxygens (including phenoxy) is 1. The smallest absolute Gasteiger partial charge is 0.343 e. The number of ketones is 1. The maximum absolute atomic E-state index is 12.4. The second-order valence-electron chi connectivity index (χ2n) is 6.53. The van der Waals surface area contributed by atoms with E-state index in [1.54, 1.807) is 69.3 Å². The van der Waals surface area contributed by atoms with Gasteiger partial charge in [0.1, 0.15) is 5.76 Å². The second kappa shape index (κ2) is 7.85. The van der Waals surface area contributed by atoms with Crippen LogP contribution in [0.1, 0.15) is 36.7 Å². The number of rotatable bonds is 4. The van der Waals surface area contributed by atoms with Gasteiger partial charge in [-0.2, -0.15) is 0 Å². The van der Waals surface area contributed by atoms with Crippen molar-refractivity contribution in [1.82, 2.24) is 0 Å². The van der Waals surface area contributed by atoms with Crippen LogP contribution in [0.3, 0.4) is 0 Å². The molecule has 0 amide bonds. The van der Waals surface area contributed by atoms with Crippen molar-refractivity contribution in [2.45, 2.75) is 20.8 Å². The van der Waals surface area contributed by atoms with E-state index in [4.69, 9.17) is 27.9 Å². The first kappa shape index (κ1) is 19.2. The predicted octanol–water partition coefficient (Wildman–Crippen LogP) is 5.81. The van der Waals surface area contributed by atoms with Crippen molar-refractivity contribution in [3.63, 3.8) is 0 Å². The van der Waals surface area contributed by atoms with Crippen LogP contribution in [0.15, 0.2) is 54.6 Å². The van der Waals surface area contributed by atoms with E-state index in [1.165, 1.54) is 6.08 Å². The molecule has 0 bridgehead atoms. The van der Waals surface area contributed by atoms with Crippen LogP contribution >= 0.6 is 23.2 Å². The van der Waals surface area contributed by atoms with Crippen LogP contribution in [0.4, 0.5) is 0 Å². The molecule has 0 fully saturated rings. The molecule has 5 heteroatoms. The maximum Gasteiger partial charge on any atom is 0.343 e. The molecule has 25 heavy (non-hydrogen) atoms. The van der Waals surface area contributed by atoms with E-state index in [0.29, 0.717) is 21.2 Å². The number of halogens is 2. The molecule has 2 rings (SSSR count). The Labute approximate surface area is 157 Å². The Morgan fingerprint density at radius 2 is 1.28 bits per heavy atom. The third-order valence-corrected chi connectivity index (χ3v) is 3.92. The monoisotopic (exact) mass is 376 g/mol. The molecule has 0 aliphatic rings. The molecular weight excluding hydrogens is 359 g/mol. The molecular formula is C20H18Cl2O3. The highest BCUT2D eigenvalue weighted by atomic mass is 35.5. The van der Waals surface area contributed by atoms with Crippen molar-refractivity contribution in [2.75, 3.05) is 0 Å². The number of hydrogen-bond acceptors (Lipinski definition) is 3. The lowest BCUT2D eigenvalue weighted by Crippen LogP contribution is -2.18. The van der Waals surface area contributed by atoms with E-state index >= 15 is 0 Å². The molecule has 0 saturated heterocycles. The van der Waals surface area contributed by atoms with Crippen LogP contribution in [0.2, 0.25) is 10.0 Å². The topological polar surface area (TPSA) is 43.4 Å². The lowest BCUT2D eigenvalue weighted by Gasteiger charge is -2.15. The summed E-state index contributed by atoms with van der Waals surface area (Å²) in [4.78, 5) is 24.8. The summed E-state index contributed by atoms with van der Waals surface area (Å²) in [5.74, 6) is -0.544. The summed E-state index contributed by atoms with van der Waals surface area (Å²) in [6.07, 6.45) is 1.34. The summed E-state index contributed by atoms with van der Waals surface area (Å²) in [7, 11) is 0. The van der Waals surface area contributed by atoms with Gasteiger partial charge in [-0.1, -0.05) is 44.0 Å². The average Bonchev–Trinajstić information content (AvgIpc) is 2.54. The number of esters is 1. The summed E-state index contributed by atoms with van der Waals surface area (Å²) in [6.45, 7) is 5.39. The first-order valence-electron chi connectivity index (χ1n) is 7.66. The number of allylic oxidation sites excluding steroid dienone is 1. The Kier molecular flexibility index (Phi) is 6.04. The number of carbonyl (C=O) groups is 2. The van der Waals surface area contributed by atoms with E-state index in [-0.39, 0.29) is 11.5 Å². The predicted molar refractivity (Wildman–Crippen MR) is 101 cm³/mol. The van der Waals surface area contributed by atoms with Crippen molar-refractivity contribution < 1.29 is 14.3 Å². The van der Waals surface area contributed by atoms with Crippen LogP contribution in [0.25, 0.3) is 5.76 Å². The van der Waals surface area contributed by atoms with Gasteiger partial charge in [0.2, 0.25) is 0 Å². The second-order valence-corrected chi connectivity index (χ2v) is 7.40. The third-order valence-electron chi connectivity index (χ3n) is 3.41. The quantitative estimate of drug-likeness (QED) is 0.384. The highest BCUT2D eigenvalue weighted by Crippen LogP contribution is 2.24. The first-order chi connectivity index (χ1) is 11.7. The minimum absolute atomic E-state index is 0.152. The Bertz CT molecular complexity index is 798. The molecule has 0 N–H and O–H groups in total. The zero-order valence-electron chi connectivity index (χ0n) is 14.2. The van der Waals surface area contributed by atoms with E-state index < -0.39 is 11.4 Å². The van der Waals surface area contributed by atoms with Gasteiger partial charge in [0, 0.05) is 27.1 Å².